The molecule has 1 aromatic carbocycles. The minimum Gasteiger partial charge on any atom is -0.508 e. The summed E-state index contributed by atoms with van der Waals surface area (Å²) in [6.45, 7) is 1.85. The molecule has 0 saturated heterocycles. The van der Waals surface area contributed by atoms with E-state index in [2.05, 4.69) is 5.32 Å². The number of aromatic nitrogens is 1. The van der Waals surface area contributed by atoms with Crippen LogP contribution in [0.5, 0.6) is 11.5 Å². The summed E-state index contributed by atoms with van der Waals surface area (Å²) in [5, 5.41) is 22.3. The zero-order chi connectivity index (χ0) is 17.7. The first-order valence-electron chi connectivity index (χ1n) is 7.82. The Morgan fingerprint density at radius 2 is 1.96 bits per heavy atom. The van der Waals surface area contributed by atoms with Crippen molar-refractivity contribution in [3.63, 3.8) is 0 Å². The number of aromatic hydroxyl groups is 2. The molecule has 0 spiro atoms. The average Bonchev–Trinajstić information content (AvgIpc) is 2.55. The predicted molar refractivity (Wildman–Crippen MR) is 91.0 cm³/mol. The minimum atomic E-state index is -0.450. The van der Waals surface area contributed by atoms with E-state index in [4.69, 9.17) is 0 Å². The van der Waals surface area contributed by atoms with Crippen LogP contribution in [0, 0.1) is 6.92 Å². The van der Waals surface area contributed by atoms with Crippen molar-refractivity contribution in [3.8, 4) is 11.5 Å². The summed E-state index contributed by atoms with van der Waals surface area (Å²) < 4.78 is 1.68. The second-order valence-electron chi connectivity index (χ2n) is 5.76. The van der Waals surface area contributed by atoms with Crippen molar-refractivity contribution < 1.29 is 15.0 Å². The smallest absolute Gasteiger partial charge is 0.223 e. The van der Waals surface area contributed by atoms with Crippen LogP contribution in [0.3, 0.4) is 0 Å². The van der Waals surface area contributed by atoms with Gasteiger partial charge >= 0.3 is 0 Å². The Morgan fingerprint density at radius 1 is 1.25 bits per heavy atom. The summed E-state index contributed by atoms with van der Waals surface area (Å²) in [6, 6.07) is 8.40. The van der Waals surface area contributed by atoms with Crippen LogP contribution < -0.4 is 10.7 Å². The maximum Gasteiger partial charge on any atom is 0.223 e. The van der Waals surface area contributed by atoms with Gasteiger partial charge in [-0.15, -0.1) is 0 Å². The molecule has 1 aromatic heterocycles. The van der Waals surface area contributed by atoms with Crippen LogP contribution >= 0.6 is 0 Å². The van der Waals surface area contributed by atoms with Crippen LogP contribution in [-0.4, -0.2) is 20.7 Å². The molecule has 0 atom stereocenters. The molecule has 2 rings (SSSR count). The molecule has 0 aliphatic carbocycles. The summed E-state index contributed by atoms with van der Waals surface area (Å²) in [6.07, 6.45) is 1.51. The maximum absolute atomic E-state index is 11.9. The second-order valence-corrected chi connectivity index (χ2v) is 5.76. The highest BCUT2D eigenvalue weighted by molar-refractivity contribution is 5.75. The van der Waals surface area contributed by atoms with Crippen LogP contribution in [0.2, 0.25) is 0 Å². The molecule has 0 aliphatic heterocycles. The number of phenolic OH excluding ortho intramolecular Hbond substituents is 1. The van der Waals surface area contributed by atoms with Crippen LogP contribution in [0.15, 0.2) is 35.1 Å². The highest BCUT2D eigenvalue weighted by atomic mass is 16.3. The number of rotatable bonds is 6. The number of carbonyl (C=O) groups is 1. The van der Waals surface area contributed by atoms with E-state index in [1.54, 1.807) is 30.7 Å². The Balaban J connectivity index is 1.88. The van der Waals surface area contributed by atoms with Gasteiger partial charge in [-0.25, -0.2) is 0 Å². The van der Waals surface area contributed by atoms with E-state index in [0.29, 0.717) is 30.7 Å². The molecule has 1 amide bonds. The normalized spacial score (nSPS) is 10.6. The number of phenols is 1. The quantitative estimate of drug-likeness (QED) is 0.752. The Labute approximate surface area is 140 Å². The fourth-order valence-corrected chi connectivity index (χ4v) is 2.50. The summed E-state index contributed by atoms with van der Waals surface area (Å²) in [4.78, 5) is 23.6. The Kier molecular flexibility index (Phi) is 5.63. The van der Waals surface area contributed by atoms with Gasteiger partial charge in [0, 0.05) is 25.2 Å². The molecule has 6 nitrogen and oxygen atoms in total. The van der Waals surface area contributed by atoms with Crippen molar-refractivity contribution in [1.82, 2.24) is 9.88 Å². The molecule has 2 aromatic rings. The van der Waals surface area contributed by atoms with Crippen molar-refractivity contribution in [3.05, 3.63) is 57.5 Å². The first-order valence-corrected chi connectivity index (χ1v) is 7.82. The molecular weight excluding hydrogens is 308 g/mol. The average molecular weight is 330 g/mol. The first-order chi connectivity index (χ1) is 11.4. The Bertz CT molecular complexity index is 796. The van der Waals surface area contributed by atoms with Gasteiger partial charge in [-0.05, 0) is 31.4 Å². The Hall–Kier alpha value is -2.76. The first kappa shape index (κ1) is 17.6. The fraction of sp³-hybridized carbons (Fsp3) is 0.333. The number of hydrogen-bond acceptors (Lipinski definition) is 4. The molecule has 128 valence electrons. The maximum atomic E-state index is 11.9. The number of benzene rings is 1. The van der Waals surface area contributed by atoms with Gasteiger partial charge in [-0.3, -0.25) is 9.59 Å². The predicted octanol–water partition coefficient (Wildman–Crippen LogP) is 1.74. The lowest BCUT2D eigenvalue weighted by atomic mass is 10.1. The van der Waals surface area contributed by atoms with Gasteiger partial charge < -0.3 is 20.1 Å². The van der Waals surface area contributed by atoms with E-state index in [1.165, 1.54) is 6.07 Å². The lowest BCUT2D eigenvalue weighted by molar-refractivity contribution is -0.121. The van der Waals surface area contributed by atoms with E-state index in [-0.39, 0.29) is 24.0 Å². The van der Waals surface area contributed by atoms with Crippen molar-refractivity contribution in [2.24, 2.45) is 7.05 Å². The van der Waals surface area contributed by atoms with Gasteiger partial charge in [-0.1, -0.05) is 18.2 Å². The topological polar surface area (TPSA) is 91.6 Å². The molecule has 0 saturated carbocycles. The molecule has 0 bridgehead atoms. The molecule has 6 heteroatoms. The third kappa shape index (κ3) is 4.16. The second kappa shape index (κ2) is 7.68. The van der Waals surface area contributed by atoms with E-state index >= 15 is 0 Å². The van der Waals surface area contributed by atoms with Gasteiger partial charge in [0.15, 0.2) is 5.75 Å². The third-order valence-corrected chi connectivity index (χ3v) is 4.08. The van der Waals surface area contributed by atoms with Crippen molar-refractivity contribution in [1.29, 1.82) is 0 Å². The SMILES string of the molecule is Cc1cc(=O)c(O)c(CNC(=O)CCCc2ccccc2O)n1C. The molecule has 0 radical (unpaired) electrons. The highest BCUT2D eigenvalue weighted by Crippen LogP contribution is 2.18. The van der Waals surface area contributed by atoms with Crippen molar-refractivity contribution in [2.45, 2.75) is 32.7 Å². The molecule has 1 heterocycles. The van der Waals surface area contributed by atoms with Crippen LogP contribution in [-0.2, 0) is 24.8 Å². The molecule has 0 unspecified atom stereocenters. The van der Waals surface area contributed by atoms with Gasteiger partial charge in [0.05, 0.1) is 12.2 Å². The zero-order valence-corrected chi connectivity index (χ0v) is 13.9. The molecule has 0 fully saturated rings. The number of pyridine rings is 1. The van der Waals surface area contributed by atoms with Gasteiger partial charge in [0.25, 0.3) is 0 Å². The number of carbonyl (C=O) groups excluding carboxylic acids is 1. The van der Waals surface area contributed by atoms with Crippen LogP contribution in [0.1, 0.15) is 29.8 Å². The summed E-state index contributed by atoms with van der Waals surface area (Å²) in [5.74, 6) is -0.269. The molecule has 3 N–H and O–H groups in total. The molecular formula is C18H22N2O4. The van der Waals surface area contributed by atoms with Gasteiger partial charge in [0.2, 0.25) is 11.3 Å². The van der Waals surface area contributed by atoms with Crippen LogP contribution in [0.25, 0.3) is 0 Å². The summed E-state index contributed by atoms with van der Waals surface area (Å²) >= 11 is 0. The number of amides is 1. The summed E-state index contributed by atoms with van der Waals surface area (Å²) in [5.41, 5.74) is 1.45. The van der Waals surface area contributed by atoms with Gasteiger partial charge in [-0.2, -0.15) is 0 Å². The monoisotopic (exact) mass is 330 g/mol. The van der Waals surface area contributed by atoms with E-state index in [1.807, 2.05) is 12.1 Å². The highest BCUT2D eigenvalue weighted by Gasteiger charge is 2.12. The number of nitrogens with zero attached hydrogens (tertiary/aromatic N) is 1. The lowest BCUT2D eigenvalue weighted by Crippen LogP contribution is -2.26. The number of hydrogen-bond donors (Lipinski definition) is 3. The fourth-order valence-electron chi connectivity index (χ4n) is 2.50. The van der Waals surface area contributed by atoms with Crippen molar-refractivity contribution in [2.75, 3.05) is 0 Å². The minimum absolute atomic E-state index is 0.0919. The largest absolute Gasteiger partial charge is 0.508 e. The van der Waals surface area contributed by atoms with E-state index < -0.39 is 5.43 Å². The van der Waals surface area contributed by atoms with Crippen molar-refractivity contribution >= 4 is 5.91 Å². The number of nitrogens with one attached hydrogen (secondary N) is 1. The number of para-hydroxylation sites is 1. The molecule has 0 aliphatic rings. The zero-order valence-electron chi connectivity index (χ0n) is 13.9. The van der Waals surface area contributed by atoms with E-state index in [0.717, 1.165) is 5.56 Å². The van der Waals surface area contributed by atoms with E-state index in [9.17, 15) is 19.8 Å². The standard InChI is InChI=1S/C18H22N2O4/c1-12-10-16(22)18(24)14(20(12)2)11-19-17(23)9-5-7-13-6-3-4-8-15(13)21/h3-4,6,8,10,21,24H,5,7,9,11H2,1-2H3,(H,19,23). The lowest BCUT2D eigenvalue weighted by Gasteiger charge is -2.14. The molecule has 24 heavy (non-hydrogen) atoms. The van der Waals surface area contributed by atoms with Gasteiger partial charge in [0.1, 0.15) is 5.75 Å². The Morgan fingerprint density at radius 3 is 2.67 bits per heavy atom. The number of aryl methyl sites for hydroxylation is 2. The van der Waals surface area contributed by atoms with Crippen LogP contribution in [0.4, 0.5) is 0 Å². The summed E-state index contributed by atoms with van der Waals surface area (Å²) in [7, 11) is 1.73. The third-order valence-electron chi connectivity index (χ3n) is 4.08.